The molecule has 9 heteroatoms. The van der Waals surface area contributed by atoms with E-state index in [4.69, 9.17) is 9.47 Å². The average molecular weight is 347 g/mol. The summed E-state index contributed by atoms with van der Waals surface area (Å²) in [6.45, 7) is -0.684. The van der Waals surface area contributed by atoms with Gasteiger partial charge in [-0.15, -0.1) is 0 Å². The molecular weight excluding hydrogens is 327 g/mol. The highest BCUT2D eigenvalue weighted by Crippen LogP contribution is 2.21. The van der Waals surface area contributed by atoms with Crippen molar-refractivity contribution in [3.8, 4) is 5.75 Å². The molecule has 0 radical (unpaired) electrons. The minimum absolute atomic E-state index is 0.0806. The number of aromatic nitrogens is 1. The number of nitrogens with zero attached hydrogens (tertiary/aromatic N) is 2. The number of hydrogen-bond acceptors (Lipinski definition) is 5. The molecule has 1 fully saturated rings. The Balaban J connectivity index is 1.86. The summed E-state index contributed by atoms with van der Waals surface area (Å²) in [5, 5.41) is 1.88. The number of halogens is 3. The minimum Gasteiger partial charge on any atom is -0.490 e. The number of alkyl halides is 3. The molecule has 1 aromatic heterocycles. The molecular formula is C15H20F3N3O3. The van der Waals surface area contributed by atoms with Crippen LogP contribution in [0, 0.1) is 0 Å². The standard InChI is InChI=1S/C15H20F3N3O3/c1-23-13-5-11(9-24-12-3-2-4-19-6-12)21(7-13)8-14(22)20-10-15(16,17)18/h2-4,6,11,13H,5,7-10H2,1H3,(H,20,22)/t11-,13+/m0/s1. The molecule has 1 aliphatic rings. The van der Waals surface area contributed by atoms with E-state index in [9.17, 15) is 18.0 Å². The first-order valence-corrected chi connectivity index (χ1v) is 7.50. The van der Waals surface area contributed by atoms with Crippen molar-refractivity contribution in [3.05, 3.63) is 24.5 Å². The van der Waals surface area contributed by atoms with E-state index in [1.54, 1.807) is 36.5 Å². The van der Waals surface area contributed by atoms with Crippen LogP contribution in [0.3, 0.4) is 0 Å². The smallest absolute Gasteiger partial charge is 0.405 e. The van der Waals surface area contributed by atoms with Crippen LogP contribution in [0.25, 0.3) is 0 Å². The van der Waals surface area contributed by atoms with Crippen molar-refractivity contribution in [2.45, 2.75) is 24.7 Å². The lowest BCUT2D eigenvalue weighted by Gasteiger charge is -2.23. The van der Waals surface area contributed by atoms with E-state index in [1.165, 1.54) is 0 Å². The van der Waals surface area contributed by atoms with E-state index in [-0.39, 0.29) is 18.7 Å². The van der Waals surface area contributed by atoms with E-state index in [2.05, 4.69) is 4.98 Å². The molecule has 0 bridgehead atoms. The van der Waals surface area contributed by atoms with Crippen LogP contribution in [-0.4, -0.2) is 67.5 Å². The highest BCUT2D eigenvalue weighted by Gasteiger charge is 2.34. The van der Waals surface area contributed by atoms with Crippen molar-refractivity contribution in [1.29, 1.82) is 0 Å². The number of rotatable bonds is 7. The second-order valence-corrected chi connectivity index (χ2v) is 5.57. The Bertz CT molecular complexity index is 528. The summed E-state index contributed by atoms with van der Waals surface area (Å²) in [5.74, 6) is -0.0738. The van der Waals surface area contributed by atoms with Gasteiger partial charge < -0.3 is 14.8 Å². The summed E-state index contributed by atoms with van der Waals surface area (Å²) in [5.41, 5.74) is 0. The molecule has 1 aromatic rings. The van der Waals surface area contributed by atoms with Gasteiger partial charge >= 0.3 is 6.18 Å². The molecule has 0 saturated carbocycles. The van der Waals surface area contributed by atoms with Gasteiger partial charge in [0.2, 0.25) is 5.91 Å². The number of carbonyl (C=O) groups excluding carboxylic acids is 1. The number of nitrogens with one attached hydrogen (secondary N) is 1. The van der Waals surface area contributed by atoms with Gasteiger partial charge in [0.1, 0.15) is 18.9 Å². The third-order valence-corrected chi connectivity index (χ3v) is 3.73. The fraction of sp³-hybridized carbons (Fsp3) is 0.600. The molecule has 0 aliphatic carbocycles. The number of hydrogen-bond donors (Lipinski definition) is 1. The SMILES string of the molecule is CO[C@@H]1C[C@@H](COc2cccnc2)N(CC(=O)NCC(F)(F)F)C1. The average Bonchev–Trinajstić information content (AvgIpc) is 2.93. The Morgan fingerprint density at radius 2 is 2.29 bits per heavy atom. The predicted molar refractivity (Wildman–Crippen MR) is 79.6 cm³/mol. The molecule has 2 heterocycles. The van der Waals surface area contributed by atoms with Crippen LogP contribution >= 0.6 is 0 Å². The van der Waals surface area contributed by atoms with E-state index in [1.807, 2.05) is 5.32 Å². The lowest BCUT2D eigenvalue weighted by Crippen LogP contribution is -2.44. The number of amides is 1. The number of pyridine rings is 1. The van der Waals surface area contributed by atoms with E-state index in [0.29, 0.717) is 25.3 Å². The summed E-state index contributed by atoms with van der Waals surface area (Å²) in [7, 11) is 1.57. The third-order valence-electron chi connectivity index (χ3n) is 3.73. The lowest BCUT2D eigenvalue weighted by atomic mass is 10.2. The lowest BCUT2D eigenvalue weighted by molar-refractivity contribution is -0.139. The molecule has 6 nitrogen and oxygen atoms in total. The Hall–Kier alpha value is -1.87. The molecule has 0 spiro atoms. The first-order valence-electron chi connectivity index (χ1n) is 7.50. The molecule has 134 valence electrons. The van der Waals surface area contributed by atoms with Crippen LogP contribution < -0.4 is 10.1 Å². The number of likely N-dealkylation sites (tertiary alicyclic amines) is 1. The zero-order valence-electron chi connectivity index (χ0n) is 13.3. The van der Waals surface area contributed by atoms with Gasteiger partial charge in [-0.3, -0.25) is 14.7 Å². The van der Waals surface area contributed by atoms with Crippen molar-refractivity contribution in [1.82, 2.24) is 15.2 Å². The van der Waals surface area contributed by atoms with Gasteiger partial charge in [0.15, 0.2) is 0 Å². The van der Waals surface area contributed by atoms with Crippen LogP contribution in [0.4, 0.5) is 13.2 Å². The highest BCUT2D eigenvalue weighted by molar-refractivity contribution is 5.78. The molecule has 0 unspecified atom stereocenters. The summed E-state index contributed by atoms with van der Waals surface area (Å²) < 4.78 is 47.4. The zero-order chi connectivity index (χ0) is 17.6. The number of carbonyl (C=O) groups is 1. The first kappa shape index (κ1) is 18.5. The third kappa shape index (κ3) is 5.97. The van der Waals surface area contributed by atoms with E-state index in [0.717, 1.165) is 0 Å². The van der Waals surface area contributed by atoms with E-state index >= 15 is 0 Å². The molecule has 24 heavy (non-hydrogen) atoms. The Morgan fingerprint density at radius 1 is 1.50 bits per heavy atom. The van der Waals surface area contributed by atoms with Crippen LogP contribution in [-0.2, 0) is 9.53 Å². The van der Waals surface area contributed by atoms with Crippen LogP contribution in [0.1, 0.15) is 6.42 Å². The minimum atomic E-state index is -4.42. The summed E-state index contributed by atoms with van der Waals surface area (Å²) >= 11 is 0. The fourth-order valence-electron chi connectivity index (χ4n) is 2.54. The van der Waals surface area contributed by atoms with Gasteiger partial charge in [-0.05, 0) is 18.6 Å². The predicted octanol–water partition coefficient (Wildman–Crippen LogP) is 1.23. The monoisotopic (exact) mass is 347 g/mol. The van der Waals surface area contributed by atoms with Crippen molar-refractivity contribution >= 4 is 5.91 Å². The van der Waals surface area contributed by atoms with Gasteiger partial charge in [-0.2, -0.15) is 13.2 Å². The number of ether oxygens (including phenoxy) is 2. The Kier molecular flexibility index (Phi) is 6.38. The van der Waals surface area contributed by atoms with Gasteiger partial charge in [-0.25, -0.2) is 0 Å². The summed E-state index contributed by atoms with van der Waals surface area (Å²) in [4.78, 5) is 17.4. The molecule has 1 amide bonds. The summed E-state index contributed by atoms with van der Waals surface area (Å²) in [6.07, 6.45) is -0.658. The molecule has 1 aliphatic heterocycles. The van der Waals surface area contributed by atoms with Crippen molar-refractivity contribution in [2.75, 3.05) is 33.4 Å². The highest BCUT2D eigenvalue weighted by atomic mass is 19.4. The van der Waals surface area contributed by atoms with Gasteiger partial charge in [-0.1, -0.05) is 0 Å². The van der Waals surface area contributed by atoms with Crippen LogP contribution in [0.5, 0.6) is 5.75 Å². The Labute approximate surface area is 137 Å². The van der Waals surface area contributed by atoms with Crippen molar-refractivity contribution in [3.63, 3.8) is 0 Å². The van der Waals surface area contributed by atoms with Gasteiger partial charge in [0.25, 0.3) is 0 Å². The zero-order valence-corrected chi connectivity index (χ0v) is 13.3. The Morgan fingerprint density at radius 3 is 2.92 bits per heavy atom. The quantitative estimate of drug-likeness (QED) is 0.804. The van der Waals surface area contributed by atoms with Gasteiger partial charge in [0.05, 0.1) is 18.8 Å². The topological polar surface area (TPSA) is 63.7 Å². The fourth-order valence-corrected chi connectivity index (χ4v) is 2.54. The number of methoxy groups -OCH3 is 1. The maximum absolute atomic E-state index is 12.2. The van der Waals surface area contributed by atoms with Crippen LogP contribution in [0.15, 0.2) is 24.5 Å². The van der Waals surface area contributed by atoms with Gasteiger partial charge in [0, 0.05) is 25.9 Å². The summed E-state index contributed by atoms with van der Waals surface area (Å²) in [6, 6.07) is 3.38. The maximum Gasteiger partial charge on any atom is 0.405 e. The molecule has 2 atom stereocenters. The second-order valence-electron chi connectivity index (χ2n) is 5.57. The van der Waals surface area contributed by atoms with Crippen LogP contribution in [0.2, 0.25) is 0 Å². The van der Waals surface area contributed by atoms with E-state index < -0.39 is 18.6 Å². The molecule has 1 N–H and O–H groups in total. The molecule has 0 aromatic carbocycles. The van der Waals surface area contributed by atoms with Crippen molar-refractivity contribution in [2.24, 2.45) is 0 Å². The first-order chi connectivity index (χ1) is 11.4. The molecule has 1 saturated heterocycles. The maximum atomic E-state index is 12.2. The van der Waals surface area contributed by atoms with Crippen molar-refractivity contribution < 1.29 is 27.4 Å². The second kappa shape index (κ2) is 8.29. The normalized spacial score (nSPS) is 21.7. The molecule has 2 rings (SSSR count). The largest absolute Gasteiger partial charge is 0.490 e.